The molecule has 2 rings (SSSR count). The first-order valence-electron chi connectivity index (χ1n) is 6.72. The van der Waals surface area contributed by atoms with Gasteiger partial charge in [0.2, 0.25) is 0 Å². The fourth-order valence-electron chi connectivity index (χ4n) is 2.69. The third kappa shape index (κ3) is 4.38. The minimum absolute atomic E-state index is 0.659. The Labute approximate surface area is 117 Å². The summed E-state index contributed by atoms with van der Waals surface area (Å²) in [5.74, 6) is 0.888. The molecule has 1 aliphatic carbocycles. The van der Waals surface area contributed by atoms with Crippen LogP contribution in [0.3, 0.4) is 0 Å². The van der Waals surface area contributed by atoms with Crippen molar-refractivity contribution in [3.8, 4) is 0 Å². The van der Waals surface area contributed by atoms with Crippen molar-refractivity contribution in [1.29, 1.82) is 0 Å². The van der Waals surface area contributed by atoms with Crippen LogP contribution in [0.1, 0.15) is 51.0 Å². The molecule has 0 bridgehead atoms. The molecule has 96 valence electrons. The molecule has 17 heavy (non-hydrogen) atoms. The van der Waals surface area contributed by atoms with Gasteiger partial charge in [0, 0.05) is 12.6 Å². The summed E-state index contributed by atoms with van der Waals surface area (Å²) in [6.45, 7) is 3.37. The van der Waals surface area contributed by atoms with Gasteiger partial charge in [-0.05, 0) is 58.6 Å². The second kappa shape index (κ2) is 6.91. The van der Waals surface area contributed by atoms with Crippen LogP contribution in [0, 0.1) is 5.92 Å². The Morgan fingerprint density at radius 2 is 2.06 bits per heavy atom. The van der Waals surface area contributed by atoms with Crippen molar-refractivity contribution >= 4 is 27.3 Å². The highest BCUT2D eigenvalue weighted by Gasteiger charge is 2.18. The smallest absolute Gasteiger partial charge is 0.0701 e. The lowest BCUT2D eigenvalue weighted by Crippen LogP contribution is -2.32. The molecule has 3 heteroatoms. The Morgan fingerprint density at radius 1 is 1.35 bits per heavy atom. The number of halogens is 1. The molecule has 0 unspecified atom stereocenters. The minimum atomic E-state index is 0.659. The van der Waals surface area contributed by atoms with Crippen LogP contribution in [-0.2, 0) is 6.54 Å². The third-order valence-corrected chi connectivity index (χ3v) is 5.41. The van der Waals surface area contributed by atoms with E-state index in [9.17, 15) is 0 Å². The molecule has 0 aromatic carbocycles. The average molecular weight is 316 g/mol. The van der Waals surface area contributed by atoms with Gasteiger partial charge < -0.3 is 5.32 Å². The molecular weight excluding hydrogens is 294 g/mol. The second-order valence-electron chi connectivity index (χ2n) is 5.18. The fraction of sp³-hybridized carbons (Fsp3) is 0.714. The van der Waals surface area contributed by atoms with Crippen LogP contribution in [-0.4, -0.2) is 6.04 Å². The van der Waals surface area contributed by atoms with Crippen molar-refractivity contribution in [3.05, 3.63) is 20.8 Å². The average Bonchev–Trinajstić information content (AvgIpc) is 2.58. The van der Waals surface area contributed by atoms with E-state index >= 15 is 0 Å². The molecule has 0 aliphatic heterocycles. The van der Waals surface area contributed by atoms with Gasteiger partial charge in [0.25, 0.3) is 0 Å². The molecule has 0 radical (unpaired) electrons. The monoisotopic (exact) mass is 315 g/mol. The Bertz CT molecular complexity index is 329. The number of hydrogen-bond donors (Lipinski definition) is 1. The summed E-state index contributed by atoms with van der Waals surface area (Å²) in [7, 11) is 0. The number of rotatable bonds is 4. The maximum Gasteiger partial charge on any atom is 0.0701 e. The quantitative estimate of drug-likeness (QED) is 0.774. The molecule has 0 amide bonds. The Balaban J connectivity index is 1.77. The van der Waals surface area contributed by atoms with E-state index in [1.807, 2.05) is 0 Å². The van der Waals surface area contributed by atoms with Gasteiger partial charge in [-0.25, -0.2) is 0 Å². The van der Waals surface area contributed by atoms with Gasteiger partial charge in [-0.15, -0.1) is 11.3 Å². The van der Waals surface area contributed by atoms with E-state index in [2.05, 4.69) is 39.6 Å². The van der Waals surface area contributed by atoms with Crippen LogP contribution in [0.4, 0.5) is 0 Å². The van der Waals surface area contributed by atoms with E-state index in [1.165, 1.54) is 47.9 Å². The van der Waals surface area contributed by atoms with Crippen LogP contribution in [0.5, 0.6) is 0 Å². The summed E-state index contributed by atoms with van der Waals surface area (Å²) in [5.41, 5.74) is 1.40. The lowest BCUT2D eigenvalue weighted by atomic mass is 9.93. The molecule has 1 atom stereocenters. The topological polar surface area (TPSA) is 12.0 Å². The molecule has 0 saturated heterocycles. The van der Waals surface area contributed by atoms with E-state index in [1.54, 1.807) is 11.3 Å². The molecule has 1 heterocycles. The van der Waals surface area contributed by atoms with E-state index in [0.717, 1.165) is 12.5 Å². The predicted molar refractivity (Wildman–Crippen MR) is 79.5 cm³/mol. The molecule has 0 spiro atoms. The minimum Gasteiger partial charge on any atom is -0.310 e. The van der Waals surface area contributed by atoms with E-state index in [4.69, 9.17) is 0 Å². The predicted octanol–water partition coefficient (Wildman–Crippen LogP) is 4.96. The molecule has 1 nitrogen and oxygen atoms in total. The van der Waals surface area contributed by atoms with Gasteiger partial charge >= 0.3 is 0 Å². The van der Waals surface area contributed by atoms with Crippen molar-refractivity contribution in [2.75, 3.05) is 0 Å². The second-order valence-corrected chi connectivity index (χ2v) is 7.47. The largest absolute Gasteiger partial charge is 0.310 e. The summed E-state index contributed by atoms with van der Waals surface area (Å²) in [5, 5.41) is 5.93. The van der Waals surface area contributed by atoms with Gasteiger partial charge in [0.15, 0.2) is 0 Å². The van der Waals surface area contributed by atoms with Gasteiger partial charge in [0.1, 0.15) is 0 Å². The zero-order valence-corrected chi connectivity index (χ0v) is 12.9. The molecule has 1 aromatic heterocycles. The maximum absolute atomic E-state index is 3.70. The molecule has 1 saturated carbocycles. The van der Waals surface area contributed by atoms with Crippen molar-refractivity contribution in [3.63, 3.8) is 0 Å². The molecule has 1 aliphatic rings. The number of hydrogen-bond acceptors (Lipinski definition) is 2. The summed E-state index contributed by atoms with van der Waals surface area (Å²) >= 11 is 5.29. The molecule has 1 aromatic rings. The van der Waals surface area contributed by atoms with Crippen LogP contribution in [0.25, 0.3) is 0 Å². The van der Waals surface area contributed by atoms with Crippen molar-refractivity contribution in [1.82, 2.24) is 5.32 Å². The summed E-state index contributed by atoms with van der Waals surface area (Å²) in [6, 6.07) is 2.88. The van der Waals surface area contributed by atoms with Gasteiger partial charge in [0.05, 0.1) is 3.79 Å². The lowest BCUT2D eigenvalue weighted by Gasteiger charge is -2.23. The SMILES string of the molecule is C[C@H](NCc1csc(Br)c1)C1CCCCCC1. The van der Waals surface area contributed by atoms with Crippen LogP contribution in [0.2, 0.25) is 0 Å². The Hall–Kier alpha value is 0.140. The third-order valence-electron chi connectivity index (χ3n) is 3.86. The maximum atomic E-state index is 3.70. The Morgan fingerprint density at radius 3 is 2.65 bits per heavy atom. The van der Waals surface area contributed by atoms with Crippen LogP contribution < -0.4 is 5.32 Å². The van der Waals surface area contributed by atoms with Gasteiger partial charge in [-0.1, -0.05) is 25.7 Å². The van der Waals surface area contributed by atoms with Crippen LogP contribution in [0.15, 0.2) is 15.2 Å². The molecule has 1 fully saturated rings. The van der Waals surface area contributed by atoms with E-state index < -0.39 is 0 Å². The van der Waals surface area contributed by atoms with Gasteiger partial charge in [-0.3, -0.25) is 0 Å². The highest BCUT2D eigenvalue weighted by molar-refractivity contribution is 9.11. The first kappa shape index (κ1) is 13.6. The van der Waals surface area contributed by atoms with Crippen molar-refractivity contribution < 1.29 is 0 Å². The molecular formula is C14H22BrNS. The van der Waals surface area contributed by atoms with E-state index in [0.29, 0.717) is 6.04 Å². The zero-order valence-electron chi connectivity index (χ0n) is 10.5. The summed E-state index contributed by atoms with van der Waals surface area (Å²) in [6.07, 6.45) is 8.59. The highest BCUT2D eigenvalue weighted by atomic mass is 79.9. The summed E-state index contributed by atoms with van der Waals surface area (Å²) in [4.78, 5) is 0. The fourth-order valence-corrected chi connectivity index (χ4v) is 3.90. The van der Waals surface area contributed by atoms with Crippen molar-refractivity contribution in [2.45, 2.75) is 58.0 Å². The number of nitrogens with one attached hydrogen (secondary N) is 1. The molecule has 1 N–H and O–H groups in total. The first-order valence-corrected chi connectivity index (χ1v) is 8.39. The summed E-state index contributed by atoms with van der Waals surface area (Å²) < 4.78 is 1.23. The van der Waals surface area contributed by atoms with E-state index in [-0.39, 0.29) is 0 Å². The highest BCUT2D eigenvalue weighted by Crippen LogP contribution is 2.26. The Kier molecular flexibility index (Phi) is 5.51. The normalized spacial score (nSPS) is 20.1. The first-order chi connectivity index (χ1) is 8.25. The lowest BCUT2D eigenvalue weighted by molar-refractivity contribution is 0.337. The van der Waals surface area contributed by atoms with Gasteiger partial charge in [-0.2, -0.15) is 0 Å². The number of thiophene rings is 1. The zero-order chi connectivity index (χ0) is 12.1. The van der Waals surface area contributed by atoms with Crippen LogP contribution >= 0.6 is 27.3 Å². The van der Waals surface area contributed by atoms with Crippen molar-refractivity contribution in [2.24, 2.45) is 5.92 Å². The standard InChI is InChI=1S/C14H22BrNS/c1-11(13-6-4-2-3-5-7-13)16-9-12-8-14(15)17-10-12/h8,10-11,13,16H,2-7,9H2,1H3/t11-/m0/s1.